The average molecular weight is 499 g/mol. The number of ether oxygens (including phenoxy) is 2. The van der Waals surface area contributed by atoms with Crippen LogP contribution in [0.3, 0.4) is 0 Å². The molecule has 1 saturated heterocycles. The molecule has 1 fully saturated rings. The van der Waals surface area contributed by atoms with Crippen LogP contribution in [0.1, 0.15) is 51.9 Å². The van der Waals surface area contributed by atoms with E-state index in [9.17, 15) is 9.59 Å². The van der Waals surface area contributed by atoms with Crippen molar-refractivity contribution in [1.82, 2.24) is 20.3 Å². The van der Waals surface area contributed by atoms with Gasteiger partial charge in [-0.3, -0.25) is 4.79 Å². The van der Waals surface area contributed by atoms with Gasteiger partial charge in [-0.05, 0) is 19.8 Å². The molecule has 13 heteroatoms. The number of oxime groups is 1. The van der Waals surface area contributed by atoms with Crippen LogP contribution in [0.4, 0.5) is 5.13 Å². The van der Waals surface area contributed by atoms with E-state index in [1.54, 1.807) is 14.0 Å². The number of carbonyl (C=O) groups is 2. The van der Waals surface area contributed by atoms with E-state index in [0.717, 1.165) is 0 Å². The summed E-state index contributed by atoms with van der Waals surface area (Å²) in [6, 6.07) is -0.230. The molecule has 0 aromatic carbocycles. The number of anilines is 1. The number of esters is 1. The first kappa shape index (κ1) is 24.9. The summed E-state index contributed by atoms with van der Waals surface area (Å²) < 4.78 is 10.8. The van der Waals surface area contributed by atoms with Gasteiger partial charge in [0, 0.05) is 20.2 Å². The molecule has 1 aliphatic rings. The van der Waals surface area contributed by atoms with Crippen molar-refractivity contribution in [2.45, 2.75) is 38.8 Å². The number of hydrogen-bond donors (Lipinski definition) is 2. The molecule has 11 nitrogen and oxygen atoms in total. The molecule has 1 amide bonds. The molecule has 0 saturated carbocycles. The van der Waals surface area contributed by atoms with Gasteiger partial charge in [-0.1, -0.05) is 35.0 Å². The summed E-state index contributed by atoms with van der Waals surface area (Å²) in [7, 11) is 3.00. The van der Waals surface area contributed by atoms with Crippen molar-refractivity contribution < 1.29 is 23.9 Å². The van der Waals surface area contributed by atoms with E-state index in [1.165, 1.54) is 24.7 Å². The zero-order valence-corrected chi connectivity index (χ0v) is 20.5. The lowest BCUT2D eigenvalue weighted by Gasteiger charge is -2.37. The molecule has 3 heterocycles. The molecule has 2 aromatic rings. The fourth-order valence-corrected chi connectivity index (χ4v) is 4.68. The minimum absolute atomic E-state index is 0.176. The van der Waals surface area contributed by atoms with Crippen molar-refractivity contribution >= 4 is 46.2 Å². The number of nitrogens with one attached hydrogen (secondary N) is 2. The van der Waals surface area contributed by atoms with E-state index in [0.29, 0.717) is 52.5 Å². The number of piperidine rings is 1. The number of imidazole rings is 1. The van der Waals surface area contributed by atoms with E-state index in [1.807, 2.05) is 11.8 Å². The number of H-pyrrole nitrogens is 1. The van der Waals surface area contributed by atoms with Gasteiger partial charge in [0.1, 0.15) is 17.7 Å². The number of aromatic nitrogens is 3. The average Bonchev–Trinajstić information content (AvgIpc) is 3.41. The monoisotopic (exact) mass is 498 g/mol. The first-order chi connectivity index (χ1) is 15.9. The zero-order valence-electron chi connectivity index (χ0n) is 18.9. The fourth-order valence-electron chi connectivity index (χ4n) is 3.45. The molecule has 0 radical (unpaired) electrons. The molecule has 33 heavy (non-hydrogen) atoms. The number of hydrogen-bond acceptors (Lipinski definition) is 10. The number of rotatable bonds is 9. The van der Waals surface area contributed by atoms with Gasteiger partial charge in [0.2, 0.25) is 0 Å². The molecule has 3 rings (SSSR count). The van der Waals surface area contributed by atoms with Gasteiger partial charge in [0.15, 0.2) is 16.1 Å². The highest BCUT2D eigenvalue weighted by molar-refractivity contribution is 7.17. The summed E-state index contributed by atoms with van der Waals surface area (Å²) in [4.78, 5) is 43.7. The Hall–Kier alpha value is -2.70. The second-order valence-electron chi connectivity index (χ2n) is 7.15. The Bertz CT molecular complexity index is 1010. The first-order valence-electron chi connectivity index (χ1n) is 10.5. The van der Waals surface area contributed by atoms with Crippen molar-refractivity contribution in [2.75, 3.05) is 38.8 Å². The maximum Gasteiger partial charge on any atom is 0.350 e. The minimum Gasteiger partial charge on any atom is -0.462 e. The SMILES string of the molecule is CCOC(=O)c1sc(N2CCC(NC(=O)c3nc(Cl)c(CC)[nH]3)C(OC)C2)nc1/C=N\OC. The lowest BCUT2D eigenvalue weighted by Crippen LogP contribution is -2.55. The molecular formula is C20H27ClN6O5S. The highest BCUT2D eigenvalue weighted by atomic mass is 35.5. The zero-order chi connectivity index (χ0) is 24.0. The molecule has 1 aliphatic heterocycles. The lowest BCUT2D eigenvalue weighted by molar-refractivity contribution is 0.0530. The number of nitrogens with zero attached hydrogens (tertiary/aromatic N) is 4. The summed E-state index contributed by atoms with van der Waals surface area (Å²) in [5.74, 6) is -0.628. The predicted molar refractivity (Wildman–Crippen MR) is 125 cm³/mol. The van der Waals surface area contributed by atoms with E-state index in [-0.39, 0.29) is 30.5 Å². The van der Waals surface area contributed by atoms with Crippen LogP contribution in [-0.2, 0) is 20.7 Å². The van der Waals surface area contributed by atoms with Crippen molar-refractivity contribution in [2.24, 2.45) is 5.16 Å². The van der Waals surface area contributed by atoms with Crippen LogP contribution in [0.5, 0.6) is 0 Å². The fraction of sp³-hybridized carbons (Fsp3) is 0.550. The van der Waals surface area contributed by atoms with Crippen LogP contribution in [0.25, 0.3) is 0 Å². The smallest absolute Gasteiger partial charge is 0.350 e. The number of carbonyl (C=O) groups excluding carboxylic acids is 2. The quantitative estimate of drug-likeness (QED) is 0.306. The van der Waals surface area contributed by atoms with Crippen molar-refractivity contribution in [1.29, 1.82) is 0 Å². The van der Waals surface area contributed by atoms with Gasteiger partial charge in [0.25, 0.3) is 5.91 Å². The Kier molecular flexibility index (Phi) is 8.64. The molecule has 2 aromatic heterocycles. The Morgan fingerprint density at radius 2 is 2.15 bits per heavy atom. The third kappa shape index (κ3) is 5.81. The van der Waals surface area contributed by atoms with Crippen molar-refractivity contribution in [3.05, 3.63) is 27.2 Å². The van der Waals surface area contributed by atoms with Crippen molar-refractivity contribution in [3.8, 4) is 0 Å². The van der Waals surface area contributed by atoms with Gasteiger partial charge in [-0.2, -0.15) is 0 Å². The molecule has 2 atom stereocenters. The summed E-state index contributed by atoms with van der Waals surface area (Å²) in [5, 5.41) is 7.64. The molecule has 0 spiro atoms. The van der Waals surface area contributed by atoms with Gasteiger partial charge >= 0.3 is 5.97 Å². The van der Waals surface area contributed by atoms with Gasteiger partial charge in [0.05, 0.1) is 30.7 Å². The first-order valence-corrected chi connectivity index (χ1v) is 11.7. The predicted octanol–water partition coefficient (Wildman–Crippen LogP) is 2.26. The summed E-state index contributed by atoms with van der Waals surface area (Å²) >= 11 is 7.27. The van der Waals surface area contributed by atoms with E-state index >= 15 is 0 Å². The third-order valence-corrected chi connectivity index (χ3v) is 6.55. The normalized spacial score (nSPS) is 18.5. The summed E-state index contributed by atoms with van der Waals surface area (Å²) in [6.07, 6.45) is 2.34. The molecule has 180 valence electrons. The second kappa shape index (κ2) is 11.4. The van der Waals surface area contributed by atoms with E-state index in [2.05, 4.69) is 25.4 Å². The van der Waals surface area contributed by atoms with Crippen LogP contribution in [0.15, 0.2) is 5.16 Å². The standard InChI is InChI=1S/C20H27ClN6O5S/c1-5-11-16(21)26-17(23-11)18(28)24-12-7-8-27(10-14(12)30-3)20-25-13(9-22-31-4)15(33-20)19(29)32-6-2/h9,12,14H,5-8,10H2,1-4H3,(H,23,26)(H,24,28)/b22-9-. The lowest BCUT2D eigenvalue weighted by atomic mass is 10.0. The largest absolute Gasteiger partial charge is 0.462 e. The van der Waals surface area contributed by atoms with Gasteiger partial charge in [-0.15, -0.1) is 0 Å². The molecular weight excluding hydrogens is 472 g/mol. The summed E-state index contributed by atoms with van der Waals surface area (Å²) in [5.41, 5.74) is 1.09. The number of halogens is 1. The number of amides is 1. The second-order valence-corrected chi connectivity index (χ2v) is 8.48. The molecule has 2 unspecified atom stereocenters. The molecule has 0 bridgehead atoms. The van der Waals surface area contributed by atoms with Crippen LogP contribution in [-0.4, -0.2) is 79.1 Å². The number of thiazole rings is 1. The van der Waals surface area contributed by atoms with E-state index < -0.39 is 5.97 Å². The highest BCUT2D eigenvalue weighted by Gasteiger charge is 2.33. The topological polar surface area (TPSA) is 131 Å². The molecule has 2 N–H and O–H groups in total. The van der Waals surface area contributed by atoms with Gasteiger partial charge < -0.3 is 29.5 Å². The highest BCUT2D eigenvalue weighted by Crippen LogP contribution is 2.29. The van der Waals surface area contributed by atoms with Crippen LogP contribution in [0, 0.1) is 0 Å². The number of aryl methyl sites for hydroxylation is 1. The third-order valence-electron chi connectivity index (χ3n) is 5.13. The Morgan fingerprint density at radius 1 is 1.36 bits per heavy atom. The van der Waals surface area contributed by atoms with Crippen LogP contribution < -0.4 is 10.2 Å². The number of methoxy groups -OCH3 is 1. The maximum absolute atomic E-state index is 12.7. The van der Waals surface area contributed by atoms with Crippen molar-refractivity contribution in [3.63, 3.8) is 0 Å². The Morgan fingerprint density at radius 3 is 2.79 bits per heavy atom. The number of aromatic amines is 1. The Balaban J connectivity index is 1.72. The van der Waals surface area contributed by atoms with E-state index in [4.69, 9.17) is 25.9 Å². The summed E-state index contributed by atoms with van der Waals surface area (Å²) in [6.45, 7) is 4.99. The van der Waals surface area contributed by atoms with Gasteiger partial charge in [-0.25, -0.2) is 14.8 Å². The molecule has 0 aliphatic carbocycles. The maximum atomic E-state index is 12.7. The minimum atomic E-state index is -0.465. The van der Waals surface area contributed by atoms with Crippen LogP contribution in [0.2, 0.25) is 5.15 Å². The Labute approximate surface area is 200 Å². The van der Waals surface area contributed by atoms with Crippen LogP contribution >= 0.6 is 22.9 Å².